The van der Waals surface area contributed by atoms with Gasteiger partial charge in [-0.1, -0.05) is 25.1 Å². The molecule has 0 aliphatic carbocycles. The predicted molar refractivity (Wildman–Crippen MR) is 68.1 cm³/mol. The van der Waals surface area contributed by atoms with Crippen LogP contribution in [-0.2, 0) is 6.42 Å². The van der Waals surface area contributed by atoms with E-state index in [0.29, 0.717) is 0 Å². The first-order valence-electron chi connectivity index (χ1n) is 5.57. The molecule has 0 fully saturated rings. The van der Waals surface area contributed by atoms with Gasteiger partial charge in [-0.15, -0.1) is 0 Å². The van der Waals surface area contributed by atoms with Crippen molar-refractivity contribution in [2.24, 2.45) is 0 Å². The van der Waals surface area contributed by atoms with E-state index in [1.54, 1.807) is 6.20 Å². The van der Waals surface area contributed by atoms with E-state index in [9.17, 15) is 0 Å². The maximum Gasteiger partial charge on any atom is 0.133 e. The van der Waals surface area contributed by atoms with Crippen LogP contribution in [0.1, 0.15) is 18.1 Å². The fourth-order valence-corrected chi connectivity index (χ4v) is 1.62. The predicted octanol–water partition coefficient (Wildman–Crippen LogP) is 3.70. The summed E-state index contributed by atoms with van der Waals surface area (Å²) in [5.41, 5.74) is 3.59. The minimum Gasteiger partial charge on any atom is -0.340 e. The molecule has 0 spiro atoms. The molecule has 0 atom stereocenters. The van der Waals surface area contributed by atoms with E-state index >= 15 is 0 Å². The number of benzene rings is 1. The number of hydrogen-bond donors (Lipinski definition) is 1. The lowest BCUT2D eigenvalue weighted by molar-refractivity contribution is 1.14. The van der Waals surface area contributed by atoms with Gasteiger partial charge in [-0.2, -0.15) is 0 Å². The van der Waals surface area contributed by atoms with Crippen molar-refractivity contribution < 1.29 is 0 Å². The average Bonchev–Trinajstić information content (AvgIpc) is 2.32. The Morgan fingerprint density at radius 2 is 2.06 bits per heavy atom. The Morgan fingerprint density at radius 3 is 2.81 bits per heavy atom. The molecule has 1 aromatic heterocycles. The molecule has 2 heteroatoms. The fraction of sp³-hybridized carbons (Fsp3) is 0.214. The van der Waals surface area contributed by atoms with Crippen molar-refractivity contribution in [2.45, 2.75) is 20.3 Å². The molecule has 2 aromatic rings. The highest BCUT2D eigenvalue weighted by Gasteiger charge is 1.99. The lowest BCUT2D eigenvalue weighted by Crippen LogP contribution is -1.96. The topological polar surface area (TPSA) is 24.9 Å². The van der Waals surface area contributed by atoms with Crippen LogP contribution in [0.3, 0.4) is 0 Å². The zero-order chi connectivity index (χ0) is 11.4. The van der Waals surface area contributed by atoms with E-state index in [-0.39, 0.29) is 0 Å². The van der Waals surface area contributed by atoms with Crippen LogP contribution in [0.4, 0.5) is 11.5 Å². The Hall–Kier alpha value is -1.83. The Morgan fingerprint density at radius 1 is 1.19 bits per heavy atom. The van der Waals surface area contributed by atoms with Crippen molar-refractivity contribution in [2.75, 3.05) is 5.32 Å². The van der Waals surface area contributed by atoms with Crippen LogP contribution in [0.5, 0.6) is 0 Å². The van der Waals surface area contributed by atoms with Crippen LogP contribution in [-0.4, -0.2) is 4.98 Å². The van der Waals surface area contributed by atoms with Gasteiger partial charge in [-0.05, 0) is 42.7 Å². The van der Waals surface area contributed by atoms with Crippen LogP contribution >= 0.6 is 0 Å². The third-order valence-corrected chi connectivity index (χ3v) is 2.61. The smallest absolute Gasteiger partial charge is 0.133 e. The summed E-state index contributed by atoms with van der Waals surface area (Å²) in [6.07, 6.45) is 2.86. The van der Waals surface area contributed by atoms with Crippen LogP contribution in [0.25, 0.3) is 0 Å². The SMILES string of the molecule is CCc1cccc(Nc2ncccc2C)c1. The molecule has 0 aliphatic heterocycles. The van der Waals surface area contributed by atoms with Crippen molar-refractivity contribution in [3.05, 3.63) is 53.7 Å². The zero-order valence-corrected chi connectivity index (χ0v) is 9.70. The van der Waals surface area contributed by atoms with E-state index < -0.39 is 0 Å². The minimum absolute atomic E-state index is 0.927. The largest absolute Gasteiger partial charge is 0.340 e. The fourth-order valence-electron chi connectivity index (χ4n) is 1.62. The maximum atomic E-state index is 4.32. The molecule has 1 aromatic carbocycles. The molecule has 2 nitrogen and oxygen atoms in total. The second-order valence-corrected chi connectivity index (χ2v) is 3.85. The van der Waals surface area contributed by atoms with E-state index in [2.05, 4.69) is 54.5 Å². The molecule has 82 valence electrons. The van der Waals surface area contributed by atoms with Crippen molar-refractivity contribution in [3.8, 4) is 0 Å². The summed E-state index contributed by atoms with van der Waals surface area (Å²) in [4.78, 5) is 4.32. The van der Waals surface area contributed by atoms with Gasteiger partial charge in [0.25, 0.3) is 0 Å². The van der Waals surface area contributed by atoms with Gasteiger partial charge in [0.15, 0.2) is 0 Å². The molecule has 0 unspecified atom stereocenters. The average molecular weight is 212 g/mol. The second-order valence-electron chi connectivity index (χ2n) is 3.85. The first kappa shape index (κ1) is 10.7. The monoisotopic (exact) mass is 212 g/mol. The molecule has 0 saturated heterocycles. The van der Waals surface area contributed by atoms with Crippen molar-refractivity contribution in [1.29, 1.82) is 0 Å². The molecule has 0 bridgehead atoms. The van der Waals surface area contributed by atoms with Crippen LogP contribution in [0.15, 0.2) is 42.6 Å². The second kappa shape index (κ2) is 4.79. The number of hydrogen-bond acceptors (Lipinski definition) is 2. The highest BCUT2D eigenvalue weighted by molar-refractivity contribution is 5.59. The number of anilines is 2. The zero-order valence-electron chi connectivity index (χ0n) is 9.70. The number of nitrogens with one attached hydrogen (secondary N) is 1. The van der Waals surface area contributed by atoms with Crippen LogP contribution in [0.2, 0.25) is 0 Å². The lowest BCUT2D eigenvalue weighted by atomic mass is 10.1. The summed E-state index contributed by atoms with van der Waals surface area (Å²) in [5.74, 6) is 0.927. The molecule has 0 amide bonds. The normalized spacial score (nSPS) is 10.1. The molecular weight excluding hydrogens is 196 g/mol. The maximum absolute atomic E-state index is 4.32. The van der Waals surface area contributed by atoms with Crippen LogP contribution < -0.4 is 5.32 Å². The van der Waals surface area contributed by atoms with Gasteiger partial charge in [0.2, 0.25) is 0 Å². The molecule has 0 saturated carbocycles. The van der Waals surface area contributed by atoms with Gasteiger partial charge >= 0.3 is 0 Å². The molecule has 2 rings (SSSR count). The van der Waals surface area contributed by atoms with Gasteiger partial charge in [0.05, 0.1) is 0 Å². The van der Waals surface area contributed by atoms with E-state index in [0.717, 1.165) is 23.5 Å². The summed E-state index contributed by atoms with van der Waals surface area (Å²) in [5, 5.41) is 3.34. The third-order valence-electron chi connectivity index (χ3n) is 2.61. The van der Waals surface area contributed by atoms with Gasteiger partial charge in [-0.3, -0.25) is 0 Å². The quantitative estimate of drug-likeness (QED) is 0.839. The Balaban J connectivity index is 2.24. The Labute approximate surface area is 96.4 Å². The molecule has 0 radical (unpaired) electrons. The van der Waals surface area contributed by atoms with Gasteiger partial charge in [0, 0.05) is 11.9 Å². The molecule has 0 aliphatic rings. The molecule has 1 heterocycles. The van der Waals surface area contributed by atoms with E-state index in [4.69, 9.17) is 0 Å². The Bertz CT molecular complexity index is 478. The van der Waals surface area contributed by atoms with Crippen LogP contribution in [0, 0.1) is 6.92 Å². The summed E-state index contributed by atoms with van der Waals surface area (Å²) >= 11 is 0. The van der Waals surface area contributed by atoms with Crippen molar-refractivity contribution in [1.82, 2.24) is 4.98 Å². The first-order valence-corrected chi connectivity index (χ1v) is 5.57. The standard InChI is InChI=1S/C14H16N2/c1-3-12-7-4-8-13(10-12)16-14-11(2)6-5-9-15-14/h4-10H,3H2,1-2H3,(H,15,16). The summed E-state index contributed by atoms with van der Waals surface area (Å²) in [7, 11) is 0. The molecule has 1 N–H and O–H groups in total. The third kappa shape index (κ3) is 2.40. The van der Waals surface area contributed by atoms with Gasteiger partial charge in [-0.25, -0.2) is 4.98 Å². The van der Waals surface area contributed by atoms with E-state index in [1.807, 2.05) is 6.07 Å². The number of rotatable bonds is 3. The summed E-state index contributed by atoms with van der Waals surface area (Å²) < 4.78 is 0. The van der Waals surface area contributed by atoms with Crippen molar-refractivity contribution in [3.63, 3.8) is 0 Å². The minimum atomic E-state index is 0.927. The number of aryl methyl sites for hydroxylation is 2. The van der Waals surface area contributed by atoms with Gasteiger partial charge < -0.3 is 5.32 Å². The number of aromatic nitrogens is 1. The molecule has 16 heavy (non-hydrogen) atoms. The van der Waals surface area contributed by atoms with Crippen molar-refractivity contribution >= 4 is 11.5 Å². The number of nitrogens with zero attached hydrogens (tertiary/aromatic N) is 1. The highest BCUT2D eigenvalue weighted by atomic mass is 15.0. The lowest BCUT2D eigenvalue weighted by Gasteiger charge is -2.08. The van der Waals surface area contributed by atoms with Gasteiger partial charge in [0.1, 0.15) is 5.82 Å². The number of pyridine rings is 1. The first-order chi connectivity index (χ1) is 7.79. The summed E-state index contributed by atoms with van der Waals surface area (Å²) in [6, 6.07) is 12.4. The Kier molecular flexibility index (Phi) is 3.20. The molecular formula is C14H16N2. The summed E-state index contributed by atoms with van der Waals surface area (Å²) in [6.45, 7) is 4.21. The highest BCUT2D eigenvalue weighted by Crippen LogP contribution is 2.18. The van der Waals surface area contributed by atoms with E-state index in [1.165, 1.54) is 5.56 Å².